The Morgan fingerprint density at radius 1 is 0.780 bits per heavy atom. The monoisotopic (exact) mass is 534 g/mol. The Bertz CT molecular complexity index is 2010. The van der Waals surface area contributed by atoms with Gasteiger partial charge in [0.1, 0.15) is 18.2 Å². The smallest absolute Gasteiger partial charge is 0.216 e. The fourth-order valence-corrected chi connectivity index (χ4v) is 6.50. The van der Waals surface area contributed by atoms with Gasteiger partial charge >= 0.3 is 0 Å². The van der Waals surface area contributed by atoms with Crippen LogP contribution in [-0.2, 0) is 7.05 Å². The number of rotatable bonds is 4. The third-order valence-corrected chi connectivity index (χ3v) is 8.68. The summed E-state index contributed by atoms with van der Waals surface area (Å²) < 4.78 is 17.9. The predicted molar refractivity (Wildman–Crippen MR) is 166 cm³/mol. The first-order valence-corrected chi connectivity index (χ1v) is 14.5. The lowest BCUT2D eigenvalue weighted by Gasteiger charge is -2.22. The summed E-state index contributed by atoms with van der Waals surface area (Å²) >= 11 is 0. The first-order valence-electron chi connectivity index (χ1n) is 15.0. The second-order valence-electron chi connectivity index (χ2n) is 11.2. The molecule has 1 fully saturated rings. The van der Waals surface area contributed by atoms with Crippen LogP contribution in [0.5, 0.6) is 0 Å². The molecule has 0 saturated heterocycles. The summed E-state index contributed by atoms with van der Waals surface area (Å²) in [6, 6.07) is 33.7. The van der Waals surface area contributed by atoms with E-state index in [1.54, 1.807) is 0 Å². The third-order valence-electron chi connectivity index (χ3n) is 8.68. The first-order chi connectivity index (χ1) is 20.5. The van der Waals surface area contributed by atoms with E-state index in [1.165, 1.54) is 6.42 Å². The van der Waals surface area contributed by atoms with Crippen molar-refractivity contribution in [2.75, 3.05) is 0 Å². The second kappa shape index (κ2) is 10.4. The van der Waals surface area contributed by atoms with Gasteiger partial charge in [-0.2, -0.15) is 5.26 Å². The third kappa shape index (κ3) is 4.41. The van der Waals surface area contributed by atoms with Gasteiger partial charge in [0.2, 0.25) is 5.69 Å². The number of nitrogens with zero attached hydrogens (tertiary/aromatic N) is 2. The number of benzene rings is 4. The average molecular weight is 535 g/mol. The number of fused-ring (bicyclic) bond motifs is 3. The highest BCUT2D eigenvalue weighted by molar-refractivity contribution is 6.14. The van der Waals surface area contributed by atoms with E-state index in [0.717, 1.165) is 92.3 Å². The van der Waals surface area contributed by atoms with E-state index in [1.807, 2.05) is 37.5 Å². The summed E-state index contributed by atoms with van der Waals surface area (Å²) in [4.78, 5) is 0. The Morgan fingerprint density at radius 3 is 2.27 bits per heavy atom. The maximum Gasteiger partial charge on any atom is 0.216 e. The molecular formula is C38H33N2O+. The maximum atomic E-state index is 10.1. The molecule has 0 spiro atoms. The molecule has 3 nitrogen and oxygen atoms in total. The van der Waals surface area contributed by atoms with Gasteiger partial charge in [-0.1, -0.05) is 79.9 Å². The number of hydrogen-bond acceptors (Lipinski definition) is 2. The van der Waals surface area contributed by atoms with Gasteiger partial charge in [-0.15, -0.1) is 0 Å². The summed E-state index contributed by atoms with van der Waals surface area (Å²) in [5.74, 6) is -0.485. The van der Waals surface area contributed by atoms with Gasteiger partial charge in [0.15, 0.2) is 6.20 Å². The van der Waals surface area contributed by atoms with E-state index in [-0.39, 0.29) is 0 Å². The highest BCUT2D eigenvalue weighted by Crippen LogP contribution is 2.42. The Hall–Kier alpha value is -4.68. The molecule has 3 heteroatoms. The summed E-state index contributed by atoms with van der Waals surface area (Å²) in [6.07, 6.45) is 7.39. The van der Waals surface area contributed by atoms with Crippen LogP contribution in [0.4, 0.5) is 0 Å². The van der Waals surface area contributed by atoms with Crippen LogP contribution in [0.1, 0.15) is 56.1 Å². The molecular weight excluding hydrogens is 500 g/mol. The SMILES string of the molecule is [2H]C1(c2cccc(-c3ccc(-c4c(C#N)ccc5c4oc4c(-c6cccc[n+]6C)c(C)ccc45)cc3)c2)CCCCC1. The van der Waals surface area contributed by atoms with Crippen LogP contribution in [0.3, 0.4) is 0 Å². The number of aryl methyl sites for hydroxylation is 2. The Morgan fingerprint density at radius 2 is 1.51 bits per heavy atom. The van der Waals surface area contributed by atoms with Crippen molar-refractivity contribution in [2.45, 2.75) is 44.9 Å². The van der Waals surface area contributed by atoms with Crippen molar-refractivity contribution in [1.82, 2.24) is 0 Å². The molecule has 7 rings (SSSR count). The number of furan rings is 1. The number of hydrogen-bond donors (Lipinski definition) is 0. The molecule has 1 aliphatic rings. The van der Waals surface area contributed by atoms with Crippen LogP contribution in [0, 0.1) is 18.3 Å². The molecule has 0 radical (unpaired) electrons. The Kier molecular flexibility index (Phi) is 6.11. The molecule has 0 atom stereocenters. The average Bonchev–Trinajstić information content (AvgIpc) is 3.40. The number of aromatic nitrogens is 1. The van der Waals surface area contributed by atoms with E-state index in [2.05, 4.69) is 84.3 Å². The van der Waals surface area contributed by atoms with Gasteiger partial charge < -0.3 is 4.42 Å². The van der Waals surface area contributed by atoms with Crippen LogP contribution in [0.15, 0.2) is 102 Å². The summed E-state index contributed by atoms with van der Waals surface area (Å²) in [7, 11) is 2.05. The molecule has 4 aromatic carbocycles. The van der Waals surface area contributed by atoms with Gasteiger partial charge in [0.25, 0.3) is 0 Å². The molecule has 2 heterocycles. The molecule has 0 unspecified atom stereocenters. The van der Waals surface area contributed by atoms with Crippen molar-refractivity contribution in [3.8, 4) is 39.6 Å². The van der Waals surface area contributed by atoms with Gasteiger partial charge in [-0.3, -0.25) is 0 Å². The van der Waals surface area contributed by atoms with Crippen LogP contribution in [-0.4, -0.2) is 0 Å². The highest BCUT2D eigenvalue weighted by Gasteiger charge is 2.23. The number of pyridine rings is 1. The zero-order chi connectivity index (χ0) is 28.8. The molecule has 0 aliphatic heterocycles. The van der Waals surface area contributed by atoms with Crippen LogP contribution < -0.4 is 4.57 Å². The van der Waals surface area contributed by atoms with Crippen molar-refractivity contribution in [3.63, 3.8) is 0 Å². The Balaban J connectivity index is 1.35. The van der Waals surface area contributed by atoms with Crippen molar-refractivity contribution in [1.29, 1.82) is 5.26 Å². The summed E-state index contributed by atoms with van der Waals surface area (Å²) in [6.45, 7) is 2.11. The molecule has 0 N–H and O–H groups in total. The van der Waals surface area contributed by atoms with E-state index in [0.29, 0.717) is 5.56 Å². The second-order valence-corrected chi connectivity index (χ2v) is 11.2. The highest BCUT2D eigenvalue weighted by atomic mass is 16.3. The normalized spacial score (nSPS) is 15.1. The van der Waals surface area contributed by atoms with Gasteiger partial charge in [0.05, 0.1) is 17.2 Å². The minimum absolute atomic E-state index is 0.485. The van der Waals surface area contributed by atoms with Crippen molar-refractivity contribution in [3.05, 3.63) is 114 Å². The van der Waals surface area contributed by atoms with Crippen LogP contribution >= 0.6 is 0 Å². The minimum Gasteiger partial charge on any atom is -0.454 e. The zero-order valence-corrected chi connectivity index (χ0v) is 23.6. The maximum absolute atomic E-state index is 10.1. The molecule has 2 aromatic heterocycles. The molecule has 41 heavy (non-hydrogen) atoms. The lowest BCUT2D eigenvalue weighted by Crippen LogP contribution is -2.30. The van der Waals surface area contributed by atoms with Gasteiger partial charge in [-0.05, 0) is 71.7 Å². The number of nitriles is 1. The van der Waals surface area contributed by atoms with Gasteiger partial charge in [0, 0.05) is 29.8 Å². The summed E-state index contributed by atoms with van der Waals surface area (Å²) in [5.41, 5.74) is 10.5. The van der Waals surface area contributed by atoms with E-state index < -0.39 is 5.89 Å². The topological polar surface area (TPSA) is 40.8 Å². The van der Waals surface area contributed by atoms with Crippen LogP contribution in [0.25, 0.3) is 55.4 Å². The van der Waals surface area contributed by atoms with Crippen LogP contribution in [0.2, 0.25) is 0 Å². The van der Waals surface area contributed by atoms with Crippen molar-refractivity contribution < 1.29 is 10.4 Å². The molecule has 200 valence electrons. The molecule has 1 aliphatic carbocycles. The van der Waals surface area contributed by atoms with E-state index in [9.17, 15) is 5.26 Å². The largest absolute Gasteiger partial charge is 0.454 e. The first kappa shape index (κ1) is 24.1. The zero-order valence-electron chi connectivity index (χ0n) is 24.6. The fraction of sp³-hybridized carbons (Fsp3) is 0.211. The standard InChI is InChI=1S/C38H33N2O/c1-25-14-20-32-33-21-19-31(24-39)36(38(33)41-37(32)35(25)34-13-6-7-22-40(34)2)28-17-15-27(16-18-28)30-12-8-11-29(23-30)26-9-4-3-5-10-26/h6-8,11-23,26H,3-5,9-10H2,1-2H3/q+1/i26D. The fourth-order valence-electron chi connectivity index (χ4n) is 6.50. The molecule has 0 amide bonds. The predicted octanol–water partition coefficient (Wildman–Crippen LogP) is 9.64. The van der Waals surface area contributed by atoms with E-state index in [4.69, 9.17) is 5.79 Å². The van der Waals surface area contributed by atoms with Crippen molar-refractivity contribution in [2.24, 2.45) is 7.05 Å². The quantitative estimate of drug-likeness (QED) is 0.211. The molecule has 1 saturated carbocycles. The summed E-state index contributed by atoms with van der Waals surface area (Å²) in [5, 5.41) is 12.2. The van der Waals surface area contributed by atoms with Gasteiger partial charge in [-0.25, -0.2) is 4.57 Å². The Labute approximate surface area is 242 Å². The molecule has 6 aromatic rings. The van der Waals surface area contributed by atoms with E-state index >= 15 is 0 Å². The van der Waals surface area contributed by atoms with Crippen molar-refractivity contribution >= 4 is 21.9 Å². The molecule has 0 bridgehead atoms. The lowest BCUT2D eigenvalue weighted by molar-refractivity contribution is -0.660. The minimum atomic E-state index is -0.485. The lowest BCUT2D eigenvalue weighted by atomic mass is 9.83.